The first-order valence-corrected chi connectivity index (χ1v) is 20.8. The number of pyridine rings is 1. The highest BCUT2D eigenvalue weighted by molar-refractivity contribution is 6.01. The van der Waals surface area contributed by atoms with Gasteiger partial charge in [0.2, 0.25) is 5.91 Å². The van der Waals surface area contributed by atoms with Crippen molar-refractivity contribution in [1.82, 2.24) is 20.2 Å². The summed E-state index contributed by atoms with van der Waals surface area (Å²) in [6, 6.07) is 14.5. The van der Waals surface area contributed by atoms with Gasteiger partial charge in [0, 0.05) is 54.1 Å². The Labute approximate surface area is 344 Å². The third kappa shape index (κ3) is 9.95. The van der Waals surface area contributed by atoms with Gasteiger partial charge in [-0.3, -0.25) is 19.4 Å². The van der Waals surface area contributed by atoms with Crippen LogP contribution < -0.4 is 10.6 Å². The number of Topliss-reactive ketones (excluding diaryl/α,β-unsaturated/α-hetero) is 1. The van der Waals surface area contributed by atoms with E-state index in [1.165, 1.54) is 6.92 Å². The van der Waals surface area contributed by atoms with Gasteiger partial charge >= 0.3 is 5.97 Å². The van der Waals surface area contributed by atoms with Gasteiger partial charge in [0.05, 0.1) is 30.1 Å². The van der Waals surface area contributed by atoms with Crippen LogP contribution >= 0.6 is 0 Å². The Kier molecular flexibility index (Phi) is 14.5. The molecule has 4 bridgehead atoms. The van der Waals surface area contributed by atoms with E-state index in [-0.39, 0.29) is 48.6 Å². The highest BCUT2D eigenvalue weighted by Crippen LogP contribution is 2.42. The quantitative estimate of drug-likeness (QED) is 0.128. The molecule has 1 amide bonds. The fraction of sp³-hybridized carbons (Fsp3) is 0.500. The minimum absolute atomic E-state index is 0.0629. The van der Waals surface area contributed by atoms with Crippen LogP contribution in [0, 0.1) is 17.3 Å². The number of hydrogen-bond donors (Lipinski definition) is 2. The van der Waals surface area contributed by atoms with E-state index in [2.05, 4.69) is 66.8 Å². The summed E-state index contributed by atoms with van der Waals surface area (Å²) in [6.45, 7) is 20.6. The monoisotopic (exact) mass is 794 g/mol. The van der Waals surface area contributed by atoms with Gasteiger partial charge in [0.15, 0.2) is 5.78 Å². The van der Waals surface area contributed by atoms with Crippen molar-refractivity contribution < 1.29 is 28.2 Å². The summed E-state index contributed by atoms with van der Waals surface area (Å²) in [4.78, 5) is 46.0. The van der Waals surface area contributed by atoms with Crippen LogP contribution in [0.25, 0.3) is 33.3 Å². The molecule has 312 valence electrons. The number of nitrogens with zero attached hydrogens (tertiary/aromatic N) is 2. The summed E-state index contributed by atoms with van der Waals surface area (Å²) in [7, 11) is 3.41. The maximum Gasteiger partial charge on any atom is 0.323 e. The van der Waals surface area contributed by atoms with Crippen LogP contribution in [-0.2, 0) is 43.2 Å². The molecule has 4 aromatic rings. The van der Waals surface area contributed by atoms with Crippen LogP contribution in [0.5, 0.6) is 0 Å². The summed E-state index contributed by atoms with van der Waals surface area (Å²) in [5.41, 5.74) is 7.71. The Balaban J connectivity index is 1.76. The van der Waals surface area contributed by atoms with E-state index in [9.17, 15) is 14.4 Å². The normalized spacial score (nSPS) is 19.8. The summed E-state index contributed by atoms with van der Waals surface area (Å²) < 4.78 is 29.5. The smallest absolute Gasteiger partial charge is 0.323 e. The summed E-state index contributed by atoms with van der Waals surface area (Å²) in [5.74, 6) is -1.12. The van der Waals surface area contributed by atoms with Crippen molar-refractivity contribution in [3.8, 4) is 22.4 Å². The first-order valence-electron chi connectivity index (χ1n) is 20.8. The second kappa shape index (κ2) is 18.9. The molecule has 58 heavy (non-hydrogen) atoms. The van der Waals surface area contributed by atoms with Crippen LogP contribution in [0.1, 0.15) is 109 Å². The molecule has 1 unspecified atom stereocenters. The lowest BCUT2D eigenvalue weighted by molar-refractivity contribution is -0.149. The molecule has 0 radical (unpaired) electrons. The first kappa shape index (κ1) is 44.4. The number of carbonyl (C=O) groups excluding carboxylic acids is 3. The standard InChI is InChI=1S/C48H63FN4O5/c1-12-53-42-19-18-34-25-38(42)39(44(53)37-16-14-20-51-43(37)32(7)57-11)26-48(8,9)27-58-47(56)40(50-10)17-13-15-29(4)45(54)41(52-46(55)30(5)28(2)3)23-33-21-35(31(6)49)24-36(34)22-33/h14,16,18-22,24-25,28,30-32,40-41,50H,4,12-13,15,17,23,26-27H2,1-3,5-11H3,(H,52,55)/t30-,31?,32-,40-,41-/m0/s1. The third-order valence-corrected chi connectivity index (χ3v) is 11.8. The molecule has 0 aliphatic carbocycles. The molecule has 5 atom stereocenters. The highest BCUT2D eigenvalue weighted by atomic mass is 19.1. The van der Waals surface area contributed by atoms with E-state index >= 15 is 4.39 Å². The number of likely N-dealkylation sites (N-methyl/N-ethyl adjacent to an activating group) is 1. The van der Waals surface area contributed by atoms with Crippen LogP contribution in [0.4, 0.5) is 4.39 Å². The molecule has 2 N–H and O–H groups in total. The molecule has 10 heteroatoms. The first-order chi connectivity index (χ1) is 27.5. The molecular formula is C48H63FN4O5. The average molecular weight is 795 g/mol. The number of rotatable bonds is 9. The molecule has 0 spiro atoms. The van der Waals surface area contributed by atoms with Crippen molar-refractivity contribution >= 4 is 28.6 Å². The van der Waals surface area contributed by atoms with Crippen molar-refractivity contribution in [3.63, 3.8) is 0 Å². The molecule has 0 fully saturated rings. The SMILES string of the molecule is C=C1CCC[C@H](NC)C(=O)OCC(C)(C)Cc2c(-c3cccnc3[C@H](C)OC)n(CC)c3ccc(cc23)-c2cc(cc(C(C)F)c2)C[C@H](NC(=O)[C@@H](C)C(C)C)C1=O. The van der Waals surface area contributed by atoms with Gasteiger partial charge in [0.1, 0.15) is 12.2 Å². The second-order valence-electron chi connectivity index (χ2n) is 17.1. The van der Waals surface area contributed by atoms with Crippen LogP contribution in [0.3, 0.4) is 0 Å². The third-order valence-electron chi connectivity index (χ3n) is 11.8. The number of benzene rings is 2. The molecule has 2 aromatic heterocycles. The van der Waals surface area contributed by atoms with Crippen LogP contribution in [-0.4, -0.2) is 60.1 Å². The molecule has 1 aliphatic heterocycles. The molecular weight excluding hydrogens is 732 g/mol. The Morgan fingerprint density at radius 2 is 1.81 bits per heavy atom. The number of ether oxygens (including phenoxy) is 2. The maximum atomic E-state index is 15.4. The lowest BCUT2D eigenvalue weighted by Crippen LogP contribution is -2.46. The van der Waals surface area contributed by atoms with Crippen molar-refractivity contribution in [2.24, 2.45) is 17.3 Å². The van der Waals surface area contributed by atoms with Gasteiger partial charge in [-0.1, -0.05) is 59.4 Å². The lowest BCUT2D eigenvalue weighted by atomic mass is 9.84. The Hall–Kier alpha value is -4.67. The number of aryl methyl sites for hydroxylation is 1. The minimum Gasteiger partial charge on any atom is -0.464 e. The van der Waals surface area contributed by atoms with Gasteiger partial charge in [-0.2, -0.15) is 0 Å². The van der Waals surface area contributed by atoms with Crippen molar-refractivity contribution in [3.05, 3.63) is 89.3 Å². The van der Waals surface area contributed by atoms with E-state index in [0.29, 0.717) is 43.4 Å². The number of nitrogens with one attached hydrogen (secondary N) is 2. The largest absolute Gasteiger partial charge is 0.464 e. The number of halogens is 1. The van der Waals surface area contributed by atoms with E-state index in [1.807, 2.05) is 45.9 Å². The predicted molar refractivity (Wildman–Crippen MR) is 230 cm³/mol. The van der Waals surface area contributed by atoms with Crippen molar-refractivity contribution in [1.29, 1.82) is 0 Å². The number of hydrogen-bond acceptors (Lipinski definition) is 7. The lowest BCUT2D eigenvalue weighted by Gasteiger charge is -2.27. The summed E-state index contributed by atoms with van der Waals surface area (Å²) in [5, 5.41) is 7.16. The molecule has 1 aliphatic rings. The number of amides is 1. The van der Waals surface area contributed by atoms with Crippen molar-refractivity contribution in [2.45, 2.75) is 118 Å². The van der Waals surface area contributed by atoms with E-state index in [4.69, 9.17) is 14.5 Å². The molecule has 5 rings (SSSR count). The van der Waals surface area contributed by atoms with Gasteiger partial charge in [0.25, 0.3) is 0 Å². The maximum absolute atomic E-state index is 15.4. The Morgan fingerprint density at radius 3 is 2.47 bits per heavy atom. The fourth-order valence-electron chi connectivity index (χ4n) is 7.92. The number of methoxy groups -OCH3 is 1. The van der Waals surface area contributed by atoms with E-state index in [1.54, 1.807) is 26.4 Å². The topological polar surface area (TPSA) is 112 Å². The van der Waals surface area contributed by atoms with E-state index < -0.39 is 23.7 Å². The fourth-order valence-corrected chi connectivity index (χ4v) is 7.92. The molecule has 9 nitrogen and oxygen atoms in total. The van der Waals surface area contributed by atoms with Gasteiger partial charge in [-0.25, -0.2) is 4.39 Å². The van der Waals surface area contributed by atoms with Gasteiger partial charge in [-0.15, -0.1) is 0 Å². The van der Waals surface area contributed by atoms with E-state index in [0.717, 1.165) is 50.1 Å². The highest BCUT2D eigenvalue weighted by Gasteiger charge is 2.31. The zero-order valence-corrected chi connectivity index (χ0v) is 36.1. The number of fused-ring (bicyclic) bond motifs is 4. The number of cyclic esters (lactones) is 1. The average Bonchev–Trinajstić information content (AvgIpc) is 3.50. The number of ketones is 1. The number of aromatic nitrogens is 2. The van der Waals surface area contributed by atoms with Crippen LogP contribution in [0.15, 0.2) is 66.9 Å². The number of esters is 1. The summed E-state index contributed by atoms with van der Waals surface area (Å²) in [6.07, 6.45) is 2.26. The van der Waals surface area contributed by atoms with Gasteiger partial charge < -0.3 is 24.7 Å². The second-order valence-corrected chi connectivity index (χ2v) is 17.1. The zero-order valence-electron chi connectivity index (χ0n) is 36.1. The molecule has 2 aromatic carbocycles. The summed E-state index contributed by atoms with van der Waals surface area (Å²) >= 11 is 0. The minimum atomic E-state index is -1.27. The molecule has 0 saturated carbocycles. The molecule has 0 saturated heterocycles. The molecule has 3 heterocycles. The number of alkyl halides is 1. The predicted octanol–water partition coefficient (Wildman–Crippen LogP) is 9.46. The zero-order chi connectivity index (χ0) is 42.5. The van der Waals surface area contributed by atoms with Gasteiger partial charge in [-0.05, 0) is 123 Å². The Morgan fingerprint density at radius 1 is 1.07 bits per heavy atom. The number of carbonyl (C=O) groups is 3. The van der Waals surface area contributed by atoms with Crippen molar-refractivity contribution in [2.75, 3.05) is 20.8 Å². The van der Waals surface area contributed by atoms with Crippen LogP contribution in [0.2, 0.25) is 0 Å². The Bertz CT molecular complexity index is 2140.